The molecule has 0 saturated carbocycles. The van der Waals surface area contributed by atoms with E-state index in [0.29, 0.717) is 20.1 Å². The van der Waals surface area contributed by atoms with Gasteiger partial charge in [-0.05, 0) is 36.4 Å². The quantitative estimate of drug-likeness (QED) is 0.353. The summed E-state index contributed by atoms with van der Waals surface area (Å²) in [6.45, 7) is 0. The van der Waals surface area contributed by atoms with E-state index >= 15 is 0 Å². The van der Waals surface area contributed by atoms with Gasteiger partial charge in [0, 0.05) is 0 Å². The first-order chi connectivity index (χ1) is 12.2. The second-order valence-electron chi connectivity index (χ2n) is 4.94. The molecule has 25 heavy (non-hydrogen) atoms. The summed E-state index contributed by atoms with van der Waals surface area (Å²) in [5.41, 5.74) is 0.817. The number of amides is 1. The summed E-state index contributed by atoms with van der Waals surface area (Å²) in [5.74, 6) is 0.252. The third kappa shape index (κ3) is 3.34. The van der Waals surface area contributed by atoms with Gasteiger partial charge in [0.25, 0.3) is 5.91 Å². The Balaban J connectivity index is 1.75. The molecule has 4 aromatic rings. The number of anilines is 1. The number of carbonyl (C=O) groups is 1. The highest BCUT2D eigenvalue weighted by Gasteiger charge is 2.22. The highest BCUT2D eigenvalue weighted by Crippen LogP contribution is 2.31. The van der Waals surface area contributed by atoms with Gasteiger partial charge in [-0.15, -0.1) is 11.3 Å². The molecule has 0 aliphatic heterocycles. The van der Waals surface area contributed by atoms with Crippen LogP contribution in [0.15, 0.2) is 64.3 Å². The van der Waals surface area contributed by atoms with Crippen molar-refractivity contribution in [3.05, 3.63) is 69.8 Å². The molecule has 0 unspecified atom stereocenters. The topological polar surface area (TPSA) is 58.7 Å². The highest BCUT2D eigenvalue weighted by molar-refractivity contribution is 7.22. The molecule has 124 valence electrons. The molecule has 8 heteroatoms. The fraction of sp³-hybridized carbons (Fsp3) is 0. The van der Waals surface area contributed by atoms with Crippen molar-refractivity contribution in [1.82, 2.24) is 4.98 Å². The predicted molar refractivity (Wildman–Crippen MR) is 102 cm³/mol. The lowest BCUT2D eigenvalue weighted by Crippen LogP contribution is -2.24. The van der Waals surface area contributed by atoms with Crippen molar-refractivity contribution in [2.75, 3.05) is 5.01 Å². The van der Waals surface area contributed by atoms with Gasteiger partial charge in [0.05, 0.1) is 31.9 Å². The first-order valence-corrected chi connectivity index (χ1v) is 9.25. The smallest absolute Gasteiger partial charge is 0.290 e. The van der Waals surface area contributed by atoms with Crippen LogP contribution in [0.3, 0.4) is 0 Å². The molecule has 5 nitrogen and oxygen atoms in total. The molecular weight excluding hydrogens is 378 g/mol. The van der Waals surface area contributed by atoms with Crippen LogP contribution < -0.4 is 5.01 Å². The van der Waals surface area contributed by atoms with E-state index in [4.69, 9.17) is 16.0 Å². The number of hydrazone groups is 1. The normalized spacial score (nSPS) is 11.4. The van der Waals surface area contributed by atoms with E-state index in [2.05, 4.69) is 10.1 Å². The van der Waals surface area contributed by atoms with Crippen LogP contribution in [-0.2, 0) is 0 Å². The number of fused-ring (bicyclic) bond motifs is 1. The predicted octanol–water partition coefficient (Wildman–Crippen LogP) is 5.29. The average Bonchev–Trinajstić information content (AvgIpc) is 3.34. The van der Waals surface area contributed by atoms with Gasteiger partial charge in [0.1, 0.15) is 5.76 Å². The number of rotatable bonds is 4. The summed E-state index contributed by atoms with van der Waals surface area (Å²) < 4.78 is 6.77. The Bertz CT molecular complexity index is 1020. The average molecular weight is 388 g/mol. The monoisotopic (exact) mass is 387 g/mol. The standard InChI is InChI=1S/C17H10ClN3O2S2/c18-15-8-7-14(24-15)16(22)21(19-10-11-4-3-9-23-11)17-20-12-5-1-2-6-13(12)25-17/h1-10H/b19-10-. The second kappa shape index (κ2) is 6.79. The lowest BCUT2D eigenvalue weighted by Gasteiger charge is -2.12. The summed E-state index contributed by atoms with van der Waals surface area (Å²) in [7, 11) is 0. The zero-order valence-corrected chi connectivity index (χ0v) is 15.0. The fourth-order valence-electron chi connectivity index (χ4n) is 2.15. The number of halogens is 1. The van der Waals surface area contributed by atoms with Crippen molar-refractivity contribution in [2.24, 2.45) is 5.10 Å². The van der Waals surface area contributed by atoms with Crippen molar-refractivity contribution < 1.29 is 9.21 Å². The number of aromatic nitrogens is 1. The lowest BCUT2D eigenvalue weighted by atomic mass is 10.3. The molecule has 3 heterocycles. The Kier molecular flexibility index (Phi) is 4.35. The second-order valence-corrected chi connectivity index (χ2v) is 7.67. The van der Waals surface area contributed by atoms with E-state index < -0.39 is 0 Å². The van der Waals surface area contributed by atoms with Gasteiger partial charge in [-0.2, -0.15) is 10.1 Å². The van der Waals surface area contributed by atoms with E-state index in [1.807, 2.05) is 24.3 Å². The zero-order valence-electron chi connectivity index (χ0n) is 12.6. The number of furan rings is 1. The number of carbonyl (C=O) groups excluding carboxylic acids is 1. The molecule has 1 amide bonds. The van der Waals surface area contributed by atoms with E-state index in [-0.39, 0.29) is 5.91 Å². The van der Waals surface area contributed by atoms with Gasteiger partial charge < -0.3 is 4.42 Å². The Morgan fingerprint density at radius 1 is 1.16 bits per heavy atom. The largest absolute Gasteiger partial charge is 0.463 e. The molecule has 0 bridgehead atoms. The summed E-state index contributed by atoms with van der Waals surface area (Å²) in [5, 5.41) is 6.05. The first kappa shape index (κ1) is 16.0. The molecule has 0 spiro atoms. The van der Waals surface area contributed by atoms with Crippen molar-refractivity contribution in [1.29, 1.82) is 0 Å². The summed E-state index contributed by atoms with van der Waals surface area (Å²) >= 11 is 8.56. The third-order valence-electron chi connectivity index (χ3n) is 3.28. The van der Waals surface area contributed by atoms with Gasteiger partial charge in [-0.3, -0.25) is 4.79 Å². The van der Waals surface area contributed by atoms with Crippen LogP contribution in [0.5, 0.6) is 0 Å². The molecule has 4 rings (SSSR count). The van der Waals surface area contributed by atoms with E-state index in [1.165, 1.54) is 33.9 Å². The van der Waals surface area contributed by atoms with Crippen LogP contribution in [0.2, 0.25) is 4.34 Å². The third-order valence-corrected chi connectivity index (χ3v) is 5.51. The maximum Gasteiger partial charge on any atom is 0.290 e. The van der Waals surface area contributed by atoms with E-state index in [0.717, 1.165) is 10.2 Å². The minimum absolute atomic E-state index is 0.293. The Hall–Kier alpha value is -2.48. The molecule has 3 aromatic heterocycles. The molecule has 0 aliphatic rings. The SMILES string of the molecule is O=C(c1ccc(Cl)s1)N(/N=C\c1ccco1)c1nc2ccccc2s1. The Labute approximate surface area is 155 Å². The van der Waals surface area contributed by atoms with Gasteiger partial charge in [-0.1, -0.05) is 35.1 Å². The molecule has 0 N–H and O–H groups in total. The number of hydrogen-bond acceptors (Lipinski definition) is 6. The number of thiazole rings is 1. The van der Waals surface area contributed by atoms with Crippen LogP contribution in [0.1, 0.15) is 15.4 Å². The van der Waals surface area contributed by atoms with Crippen LogP contribution in [0.25, 0.3) is 10.2 Å². The zero-order chi connectivity index (χ0) is 17.2. The minimum Gasteiger partial charge on any atom is -0.463 e. The van der Waals surface area contributed by atoms with Crippen molar-refractivity contribution in [3.63, 3.8) is 0 Å². The Morgan fingerprint density at radius 2 is 2.04 bits per heavy atom. The maximum atomic E-state index is 12.9. The number of thiophene rings is 1. The molecule has 0 radical (unpaired) electrons. The number of benzene rings is 1. The molecule has 0 aliphatic carbocycles. The highest BCUT2D eigenvalue weighted by atomic mass is 35.5. The molecular formula is C17H10ClN3O2S2. The Morgan fingerprint density at radius 3 is 2.76 bits per heavy atom. The fourth-order valence-corrected chi connectivity index (χ4v) is 4.04. The van der Waals surface area contributed by atoms with Gasteiger partial charge in [0.15, 0.2) is 0 Å². The summed E-state index contributed by atoms with van der Waals surface area (Å²) in [6.07, 6.45) is 3.03. The van der Waals surface area contributed by atoms with Crippen LogP contribution in [-0.4, -0.2) is 17.1 Å². The van der Waals surface area contributed by atoms with E-state index in [1.54, 1.807) is 30.5 Å². The number of para-hydroxylation sites is 1. The number of hydrogen-bond donors (Lipinski definition) is 0. The van der Waals surface area contributed by atoms with Gasteiger partial charge in [-0.25, -0.2) is 4.98 Å². The maximum absolute atomic E-state index is 12.9. The van der Waals surface area contributed by atoms with Crippen molar-refractivity contribution >= 4 is 61.7 Å². The molecule has 1 aromatic carbocycles. The van der Waals surface area contributed by atoms with Gasteiger partial charge >= 0.3 is 0 Å². The lowest BCUT2D eigenvalue weighted by molar-refractivity contribution is 0.0991. The van der Waals surface area contributed by atoms with Crippen molar-refractivity contribution in [2.45, 2.75) is 0 Å². The molecule has 0 saturated heterocycles. The van der Waals surface area contributed by atoms with Crippen LogP contribution in [0, 0.1) is 0 Å². The minimum atomic E-state index is -0.293. The van der Waals surface area contributed by atoms with Crippen LogP contribution >= 0.6 is 34.3 Å². The number of nitrogens with zero attached hydrogens (tertiary/aromatic N) is 3. The first-order valence-electron chi connectivity index (χ1n) is 7.23. The summed E-state index contributed by atoms with van der Waals surface area (Å²) in [4.78, 5) is 17.9. The van der Waals surface area contributed by atoms with Crippen LogP contribution in [0.4, 0.5) is 5.13 Å². The van der Waals surface area contributed by atoms with Crippen molar-refractivity contribution in [3.8, 4) is 0 Å². The molecule has 0 fully saturated rings. The summed E-state index contributed by atoms with van der Waals surface area (Å²) in [6, 6.07) is 14.6. The van der Waals surface area contributed by atoms with E-state index in [9.17, 15) is 4.79 Å². The van der Waals surface area contributed by atoms with Gasteiger partial charge in [0.2, 0.25) is 5.13 Å². The molecule has 0 atom stereocenters.